The normalized spacial score (nSPS) is 15.1. The molecule has 2 aliphatic rings. The van der Waals surface area contributed by atoms with Gasteiger partial charge >= 0.3 is 5.97 Å². The zero-order valence-corrected chi connectivity index (χ0v) is 17.2. The average Bonchev–Trinajstić information content (AvgIpc) is 3.23. The van der Waals surface area contributed by atoms with Crippen LogP contribution in [0.2, 0.25) is 5.02 Å². The summed E-state index contributed by atoms with van der Waals surface area (Å²) in [5.41, 5.74) is 6.08. The van der Waals surface area contributed by atoms with Gasteiger partial charge in [-0.3, -0.25) is 9.59 Å². The van der Waals surface area contributed by atoms with Crippen molar-refractivity contribution in [3.05, 3.63) is 69.7 Å². The second kappa shape index (κ2) is 7.97. The van der Waals surface area contributed by atoms with Gasteiger partial charge in [-0.1, -0.05) is 41.1 Å². The van der Waals surface area contributed by atoms with E-state index in [1.807, 2.05) is 6.07 Å². The van der Waals surface area contributed by atoms with Gasteiger partial charge in [0.1, 0.15) is 0 Å². The Labute approximate surface area is 181 Å². The van der Waals surface area contributed by atoms with Crippen molar-refractivity contribution in [1.29, 1.82) is 0 Å². The van der Waals surface area contributed by atoms with Crippen LogP contribution in [0.15, 0.2) is 48.7 Å². The fraction of sp³-hybridized carbons (Fsp3) is 0.190. The van der Waals surface area contributed by atoms with Crippen LogP contribution in [0.25, 0.3) is 0 Å². The maximum atomic E-state index is 11.9. The number of thiazole rings is 1. The largest absolute Gasteiger partial charge is 0.481 e. The van der Waals surface area contributed by atoms with Gasteiger partial charge < -0.3 is 20.3 Å². The first-order valence-corrected chi connectivity index (χ1v) is 10.2. The van der Waals surface area contributed by atoms with Gasteiger partial charge in [-0.05, 0) is 42.7 Å². The average molecular weight is 445 g/mol. The number of hydrogen-bond acceptors (Lipinski definition) is 7. The highest BCUT2D eigenvalue weighted by atomic mass is 35.5. The molecule has 0 amide bonds. The van der Waals surface area contributed by atoms with E-state index >= 15 is 0 Å². The highest BCUT2D eigenvalue weighted by molar-refractivity contribution is 7.17. The zero-order chi connectivity index (χ0) is 21.3. The van der Waals surface area contributed by atoms with Crippen LogP contribution in [-0.2, 0) is 10.2 Å². The van der Waals surface area contributed by atoms with Gasteiger partial charge in [0.2, 0.25) is 12.6 Å². The Balaban J connectivity index is 0.000000145. The van der Waals surface area contributed by atoms with E-state index in [2.05, 4.69) is 4.98 Å². The molecule has 1 aliphatic carbocycles. The molecule has 0 saturated heterocycles. The second-order valence-electron chi connectivity index (χ2n) is 6.83. The smallest absolute Gasteiger partial charge is 0.314 e. The Kier molecular flexibility index (Phi) is 5.36. The Bertz CT molecular complexity index is 1130. The first-order valence-electron chi connectivity index (χ1n) is 9.05. The number of nitrogens with zero attached hydrogens (tertiary/aromatic N) is 1. The summed E-state index contributed by atoms with van der Waals surface area (Å²) in [5, 5.41) is 9.95. The van der Waals surface area contributed by atoms with Crippen LogP contribution in [0.5, 0.6) is 11.5 Å². The fourth-order valence-electron chi connectivity index (χ4n) is 3.12. The second-order valence-corrected chi connectivity index (χ2v) is 8.30. The van der Waals surface area contributed by atoms with Crippen LogP contribution in [0.3, 0.4) is 0 Å². The van der Waals surface area contributed by atoms with Gasteiger partial charge in [0, 0.05) is 5.56 Å². The minimum absolute atomic E-state index is 0.144. The molecule has 1 saturated carbocycles. The van der Waals surface area contributed by atoms with E-state index in [4.69, 9.17) is 31.9 Å². The van der Waals surface area contributed by atoms with Gasteiger partial charge in [-0.15, -0.1) is 0 Å². The van der Waals surface area contributed by atoms with Gasteiger partial charge in [0.25, 0.3) is 0 Å². The summed E-state index contributed by atoms with van der Waals surface area (Å²) in [6.07, 6.45) is 2.88. The van der Waals surface area contributed by atoms with Gasteiger partial charge in [-0.25, -0.2) is 4.98 Å². The lowest BCUT2D eigenvalue weighted by Gasteiger charge is -2.10. The molecule has 2 aromatic carbocycles. The minimum atomic E-state index is -0.749. The Morgan fingerprint density at radius 2 is 1.87 bits per heavy atom. The molecule has 0 unspecified atom stereocenters. The molecular formula is C21H17ClN2O5S. The van der Waals surface area contributed by atoms with Crippen molar-refractivity contribution in [3.8, 4) is 11.5 Å². The fourth-order valence-corrected chi connectivity index (χ4v) is 3.98. The number of fused-ring (bicyclic) bond motifs is 1. The maximum absolute atomic E-state index is 11.9. The predicted molar refractivity (Wildman–Crippen MR) is 113 cm³/mol. The van der Waals surface area contributed by atoms with Crippen molar-refractivity contribution in [2.75, 3.05) is 12.5 Å². The number of hydrogen-bond donors (Lipinski definition) is 2. The first-order chi connectivity index (χ1) is 14.4. The number of nitrogen functional groups attached to an aromatic ring is 1. The number of carboxylic acids is 1. The number of ketones is 1. The molecule has 30 heavy (non-hydrogen) atoms. The monoisotopic (exact) mass is 444 g/mol. The molecule has 5 rings (SSSR count). The number of benzene rings is 2. The molecule has 2 heterocycles. The highest BCUT2D eigenvalue weighted by Crippen LogP contribution is 2.50. The van der Waals surface area contributed by atoms with Gasteiger partial charge in [0.15, 0.2) is 16.6 Å². The Hall–Kier alpha value is -3.10. The summed E-state index contributed by atoms with van der Waals surface area (Å²) in [6, 6.07) is 12.3. The van der Waals surface area contributed by atoms with E-state index in [1.54, 1.807) is 36.4 Å². The molecule has 1 fully saturated rings. The minimum Gasteiger partial charge on any atom is -0.481 e. The lowest BCUT2D eigenvalue weighted by Crippen LogP contribution is -2.19. The number of aromatic nitrogens is 1. The molecule has 7 nitrogen and oxygen atoms in total. The number of carbonyl (C=O) groups is 2. The van der Waals surface area contributed by atoms with E-state index in [9.17, 15) is 9.59 Å². The lowest BCUT2D eigenvalue weighted by molar-refractivity contribution is -0.140. The molecule has 0 atom stereocenters. The summed E-state index contributed by atoms with van der Waals surface area (Å²) in [7, 11) is 0. The summed E-state index contributed by atoms with van der Waals surface area (Å²) in [5.74, 6) is 0.455. The van der Waals surface area contributed by atoms with Gasteiger partial charge in [0.05, 0.1) is 21.5 Å². The third-order valence-corrected chi connectivity index (χ3v) is 6.11. The third kappa shape index (κ3) is 3.83. The summed E-state index contributed by atoms with van der Waals surface area (Å²) < 4.78 is 10.4. The summed E-state index contributed by atoms with van der Waals surface area (Å²) in [4.78, 5) is 27.3. The topological polar surface area (TPSA) is 112 Å². The Morgan fingerprint density at radius 1 is 1.13 bits per heavy atom. The summed E-state index contributed by atoms with van der Waals surface area (Å²) in [6.45, 7) is 0.221. The standard InChI is InChI=1S/C11H10O4.C10H7ClN2OS/c12-10(13)11(3-4-11)7-1-2-8-9(5-7)15-6-14-8;11-7-4-2-1-3-6(7)9(14)8-5-13-10(12)15-8/h1-2,5H,3-4,6H2,(H,12,13);1-5H,(H2,12,13). The van der Waals surface area contributed by atoms with E-state index < -0.39 is 11.4 Å². The Morgan fingerprint density at radius 3 is 2.50 bits per heavy atom. The molecule has 1 aromatic heterocycles. The molecule has 154 valence electrons. The van der Waals surface area contributed by atoms with Crippen LogP contribution in [0.1, 0.15) is 33.6 Å². The predicted octanol–water partition coefficient (Wildman–Crippen LogP) is 4.14. The number of anilines is 1. The number of carboxylic acid groups (broad SMARTS) is 1. The molecule has 1 aliphatic heterocycles. The molecular weight excluding hydrogens is 428 g/mol. The van der Waals surface area contributed by atoms with Crippen LogP contribution in [-0.4, -0.2) is 28.6 Å². The first kappa shape index (κ1) is 20.2. The quantitative estimate of drug-likeness (QED) is 0.581. The van der Waals surface area contributed by atoms with Crippen LogP contribution in [0.4, 0.5) is 5.13 Å². The molecule has 0 bridgehead atoms. The van der Waals surface area contributed by atoms with E-state index in [0.29, 0.717) is 44.9 Å². The highest BCUT2D eigenvalue weighted by Gasteiger charge is 2.52. The van der Waals surface area contributed by atoms with E-state index in [0.717, 1.165) is 16.9 Å². The van der Waals surface area contributed by atoms with Crippen LogP contribution in [0, 0.1) is 0 Å². The number of aliphatic carboxylic acids is 1. The van der Waals surface area contributed by atoms with Crippen molar-refractivity contribution < 1.29 is 24.2 Å². The molecule has 0 spiro atoms. The van der Waals surface area contributed by atoms with Crippen molar-refractivity contribution in [2.24, 2.45) is 0 Å². The summed E-state index contributed by atoms with van der Waals surface area (Å²) >= 11 is 7.07. The van der Waals surface area contributed by atoms with Crippen LogP contribution >= 0.6 is 22.9 Å². The SMILES string of the molecule is Nc1ncc(C(=O)c2ccccc2Cl)s1.O=C(O)C1(c2ccc3c(c2)OCO3)CC1. The molecule has 3 aromatic rings. The third-order valence-electron chi connectivity index (χ3n) is 4.95. The van der Waals surface area contributed by atoms with E-state index in [-0.39, 0.29) is 12.6 Å². The molecule has 9 heteroatoms. The number of rotatable bonds is 4. The van der Waals surface area contributed by atoms with Crippen LogP contribution < -0.4 is 15.2 Å². The number of halogens is 1. The van der Waals surface area contributed by atoms with Crippen molar-refractivity contribution in [2.45, 2.75) is 18.3 Å². The molecule has 0 radical (unpaired) electrons. The van der Waals surface area contributed by atoms with Crippen molar-refractivity contribution in [3.63, 3.8) is 0 Å². The lowest BCUT2D eigenvalue weighted by atomic mass is 9.96. The number of carbonyl (C=O) groups excluding carboxylic acids is 1. The zero-order valence-electron chi connectivity index (χ0n) is 15.6. The van der Waals surface area contributed by atoms with Crippen molar-refractivity contribution >= 4 is 39.8 Å². The molecule has 3 N–H and O–H groups in total. The maximum Gasteiger partial charge on any atom is 0.314 e. The number of ether oxygens (including phenoxy) is 2. The van der Waals surface area contributed by atoms with Gasteiger partial charge in [-0.2, -0.15) is 0 Å². The van der Waals surface area contributed by atoms with E-state index in [1.165, 1.54) is 6.20 Å². The number of nitrogens with two attached hydrogens (primary N) is 1. The van der Waals surface area contributed by atoms with Crippen molar-refractivity contribution in [1.82, 2.24) is 4.98 Å².